The molecule has 0 unspecified atom stereocenters. The normalized spacial score (nSPS) is 35.2. The lowest BCUT2D eigenvalue weighted by molar-refractivity contribution is -0.131. The summed E-state index contributed by atoms with van der Waals surface area (Å²) >= 11 is 0. The molecule has 4 heterocycles. The van der Waals surface area contributed by atoms with Crippen molar-refractivity contribution in [1.29, 1.82) is 0 Å². The lowest BCUT2D eigenvalue weighted by atomic mass is 9.73. The van der Waals surface area contributed by atoms with Crippen LogP contribution >= 0.6 is 0 Å². The van der Waals surface area contributed by atoms with Gasteiger partial charge in [-0.3, -0.25) is 14.5 Å². The minimum atomic E-state index is -0.0662. The number of likely N-dealkylation sites (tertiary alicyclic amines) is 2. The Bertz CT molecular complexity index is 575. The number of fused-ring (bicyclic) bond motifs is 1. The van der Waals surface area contributed by atoms with Crippen molar-refractivity contribution in [1.82, 2.24) is 15.1 Å². The molecule has 0 saturated carbocycles. The number of hydrogen-bond acceptors (Lipinski definition) is 4. The van der Waals surface area contributed by atoms with Gasteiger partial charge >= 0.3 is 0 Å². The molecule has 1 N–H and O–H groups in total. The molecule has 6 heteroatoms. The Balaban J connectivity index is 1.31. The van der Waals surface area contributed by atoms with Gasteiger partial charge in [0, 0.05) is 51.0 Å². The second kappa shape index (κ2) is 7.70. The first-order valence-corrected chi connectivity index (χ1v) is 10.9. The molecule has 6 nitrogen and oxygen atoms in total. The van der Waals surface area contributed by atoms with Crippen LogP contribution in [0.5, 0.6) is 0 Å². The molecule has 0 aromatic carbocycles. The molecule has 0 aromatic rings. The van der Waals surface area contributed by atoms with E-state index in [1.165, 1.54) is 0 Å². The first-order chi connectivity index (χ1) is 13.0. The zero-order chi connectivity index (χ0) is 19.0. The third-order valence-corrected chi connectivity index (χ3v) is 7.16. The highest BCUT2D eigenvalue weighted by Crippen LogP contribution is 2.54. The molecule has 0 aliphatic carbocycles. The Labute approximate surface area is 163 Å². The molecule has 4 saturated heterocycles. The molecular formula is C21H35N3O3. The van der Waals surface area contributed by atoms with E-state index < -0.39 is 0 Å². The van der Waals surface area contributed by atoms with E-state index in [-0.39, 0.29) is 23.5 Å². The zero-order valence-electron chi connectivity index (χ0n) is 16.9. The van der Waals surface area contributed by atoms with E-state index in [0.717, 1.165) is 64.8 Å². The zero-order valence-corrected chi connectivity index (χ0v) is 16.9. The van der Waals surface area contributed by atoms with Crippen molar-refractivity contribution in [2.45, 2.75) is 64.1 Å². The topological polar surface area (TPSA) is 61.9 Å². The van der Waals surface area contributed by atoms with Crippen molar-refractivity contribution in [3.8, 4) is 0 Å². The van der Waals surface area contributed by atoms with Gasteiger partial charge in [0.25, 0.3) is 0 Å². The summed E-state index contributed by atoms with van der Waals surface area (Å²) in [5.74, 6) is 1.85. The quantitative estimate of drug-likeness (QED) is 0.733. The van der Waals surface area contributed by atoms with Crippen LogP contribution in [0, 0.1) is 17.8 Å². The van der Waals surface area contributed by atoms with Crippen LogP contribution in [0.2, 0.25) is 0 Å². The highest BCUT2D eigenvalue weighted by atomic mass is 16.5. The maximum absolute atomic E-state index is 12.5. The summed E-state index contributed by atoms with van der Waals surface area (Å²) in [6.07, 6.45) is 6.32. The molecule has 4 atom stereocenters. The highest BCUT2D eigenvalue weighted by Gasteiger charge is 2.62. The van der Waals surface area contributed by atoms with Crippen LogP contribution < -0.4 is 5.32 Å². The number of rotatable bonds is 7. The van der Waals surface area contributed by atoms with Crippen LogP contribution in [-0.2, 0) is 14.3 Å². The summed E-state index contributed by atoms with van der Waals surface area (Å²) < 4.78 is 6.45. The largest absolute Gasteiger partial charge is 0.370 e. The van der Waals surface area contributed by atoms with E-state index in [0.29, 0.717) is 30.7 Å². The maximum Gasteiger partial charge on any atom is 0.236 e. The SMILES string of the molecule is CC(C)CCC(=O)NC[C@H]1[C@H]2CN(CC(=O)N3CCCC3)C[C@]23CC[C@H]1O3. The number of amides is 2. The first-order valence-electron chi connectivity index (χ1n) is 10.9. The van der Waals surface area contributed by atoms with Crippen molar-refractivity contribution < 1.29 is 14.3 Å². The van der Waals surface area contributed by atoms with Gasteiger partial charge in [-0.15, -0.1) is 0 Å². The summed E-state index contributed by atoms with van der Waals surface area (Å²) in [6.45, 7) is 9.21. The molecule has 152 valence electrons. The molecule has 4 aliphatic rings. The lowest BCUT2D eigenvalue weighted by Crippen LogP contribution is -2.41. The van der Waals surface area contributed by atoms with Gasteiger partial charge in [0.05, 0.1) is 18.2 Å². The fourth-order valence-corrected chi connectivity index (χ4v) is 5.68. The van der Waals surface area contributed by atoms with Crippen molar-refractivity contribution in [3.63, 3.8) is 0 Å². The van der Waals surface area contributed by atoms with Crippen molar-refractivity contribution in [2.75, 3.05) is 39.3 Å². The van der Waals surface area contributed by atoms with E-state index in [1.54, 1.807) is 0 Å². The fourth-order valence-electron chi connectivity index (χ4n) is 5.68. The first kappa shape index (κ1) is 19.2. The summed E-state index contributed by atoms with van der Waals surface area (Å²) in [6, 6.07) is 0. The predicted octanol–water partition coefficient (Wildman–Crippen LogP) is 1.64. The molecule has 0 radical (unpaired) electrons. The number of nitrogens with one attached hydrogen (secondary N) is 1. The molecular weight excluding hydrogens is 342 g/mol. The van der Waals surface area contributed by atoms with E-state index in [9.17, 15) is 9.59 Å². The van der Waals surface area contributed by atoms with Crippen molar-refractivity contribution in [3.05, 3.63) is 0 Å². The minimum Gasteiger partial charge on any atom is -0.370 e. The number of carbonyl (C=O) groups is 2. The summed E-state index contributed by atoms with van der Waals surface area (Å²) in [5.41, 5.74) is -0.0662. The Kier molecular flexibility index (Phi) is 5.48. The summed E-state index contributed by atoms with van der Waals surface area (Å²) in [7, 11) is 0. The van der Waals surface area contributed by atoms with E-state index >= 15 is 0 Å². The van der Waals surface area contributed by atoms with Crippen LogP contribution in [0.1, 0.15) is 52.4 Å². The Morgan fingerprint density at radius 1 is 1.26 bits per heavy atom. The van der Waals surface area contributed by atoms with E-state index in [1.807, 2.05) is 4.90 Å². The van der Waals surface area contributed by atoms with Crippen LogP contribution in [0.15, 0.2) is 0 Å². The van der Waals surface area contributed by atoms with Crippen LogP contribution in [-0.4, -0.2) is 72.6 Å². The van der Waals surface area contributed by atoms with Gasteiger partial charge in [-0.25, -0.2) is 0 Å². The Hall–Kier alpha value is -1.14. The van der Waals surface area contributed by atoms with Gasteiger partial charge in [-0.1, -0.05) is 13.8 Å². The molecule has 2 bridgehead atoms. The second-order valence-corrected chi connectivity index (χ2v) is 9.52. The number of hydrogen-bond donors (Lipinski definition) is 1. The van der Waals surface area contributed by atoms with E-state index in [4.69, 9.17) is 4.74 Å². The number of nitrogens with zero attached hydrogens (tertiary/aromatic N) is 2. The van der Waals surface area contributed by atoms with Gasteiger partial charge in [-0.2, -0.15) is 0 Å². The Morgan fingerprint density at radius 3 is 2.78 bits per heavy atom. The Morgan fingerprint density at radius 2 is 2.04 bits per heavy atom. The molecule has 4 aliphatic heterocycles. The standard InChI is InChI=1S/C21H35N3O3/c1-15(2)5-6-19(25)22-11-16-17-12-23(13-20(26)24-9-3-4-10-24)14-21(17)8-7-18(16)27-21/h15-18H,3-14H2,1-2H3,(H,22,25)/t16-,17+,18+,21+/m0/s1. The highest BCUT2D eigenvalue weighted by molar-refractivity contribution is 5.78. The predicted molar refractivity (Wildman–Crippen MR) is 103 cm³/mol. The molecule has 27 heavy (non-hydrogen) atoms. The summed E-state index contributed by atoms with van der Waals surface area (Å²) in [5, 5.41) is 3.16. The molecule has 4 rings (SSSR count). The average Bonchev–Trinajstić information content (AvgIpc) is 3.38. The van der Waals surface area contributed by atoms with Crippen molar-refractivity contribution >= 4 is 11.8 Å². The second-order valence-electron chi connectivity index (χ2n) is 9.52. The molecule has 0 aromatic heterocycles. The number of carbonyl (C=O) groups excluding carboxylic acids is 2. The third kappa shape index (κ3) is 3.88. The molecule has 1 spiro atoms. The van der Waals surface area contributed by atoms with Gasteiger partial charge < -0.3 is 15.0 Å². The maximum atomic E-state index is 12.5. The van der Waals surface area contributed by atoms with Crippen molar-refractivity contribution in [2.24, 2.45) is 17.8 Å². The number of ether oxygens (including phenoxy) is 1. The van der Waals surface area contributed by atoms with Crippen LogP contribution in [0.25, 0.3) is 0 Å². The van der Waals surface area contributed by atoms with Gasteiger partial charge in [-0.05, 0) is 38.0 Å². The lowest BCUT2D eigenvalue weighted by Gasteiger charge is -2.29. The van der Waals surface area contributed by atoms with Gasteiger partial charge in [0.1, 0.15) is 0 Å². The average molecular weight is 378 g/mol. The van der Waals surface area contributed by atoms with Crippen LogP contribution in [0.4, 0.5) is 0 Å². The fraction of sp³-hybridized carbons (Fsp3) is 0.905. The van der Waals surface area contributed by atoms with Crippen LogP contribution in [0.3, 0.4) is 0 Å². The monoisotopic (exact) mass is 377 g/mol. The van der Waals surface area contributed by atoms with E-state index in [2.05, 4.69) is 24.1 Å². The summed E-state index contributed by atoms with van der Waals surface area (Å²) in [4.78, 5) is 29.0. The van der Waals surface area contributed by atoms with Gasteiger partial charge in [0.2, 0.25) is 11.8 Å². The third-order valence-electron chi connectivity index (χ3n) is 7.16. The molecule has 4 fully saturated rings. The smallest absolute Gasteiger partial charge is 0.236 e. The molecule has 2 amide bonds. The van der Waals surface area contributed by atoms with Gasteiger partial charge in [0.15, 0.2) is 0 Å². The minimum absolute atomic E-state index is 0.0662.